The van der Waals surface area contributed by atoms with Crippen LogP contribution in [0.15, 0.2) is 12.8 Å². The second-order valence-corrected chi connectivity index (χ2v) is 0.730. The van der Waals surface area contributed by atoms with Crippen molar-refractivity contribution in [2.45, 2.75) is 6.36 Å². The van der Waals surface area contributed by atoms with Crippen molar-refractivity contribution >= 4 is 0 Å². The van der Waals surface area contributed by atoms with Crippen molar-refractivity contribution in [1.82, 2.24) is 0 Å². The van der Waals surface area contributed by atoms with E-state index >= 15 is 0 Å². The van der Waals surface area contributed by atoms with Gasteiger partial charge in [-0.1, -0.05) is 6.58 Å². The summed E-state index contributed by atoms with van der Waals surface area (Å²) in [6, 6.07) is 0. The van der Waals surface area contributed by atoms with E-state index in [1.807, 2.05) is 0 Å². The predicted molar refractivity (Wildman–Crippen MR) is 17.3 cm³/mol. The Hall–Kier alpha value is -0.670. The number of hydrogen-bond donors (Lipinski definition) is 0. The van der Waals surface area contributed by atoms with E-state index in [2.05, 4.69) is 11.3 Å². The Balaban J connectivity index is 3.34. The Kier molecular flexibility index (Phi) is 1.68. The molecule has 0 saturated carbocycles. The third-order valence-electron chi connectivity index (χ3n) is 0.217. The van der Waals surface area contributed by atoms with Crippen LogP contribution in [0.2, 0.25) is 0 Å². The van der Waals surface area contributed by atoms with Crippen LogP contribution in [0.3, 0.4) is 0 Å². The summed E-state index contributed by atoms with van der Waals surface area (Å²) in [5.74, 6) is 0. The second kappa shape index (κ2) is 1.86. The lowest BCUT2D eigenvalue weighted by Crippen LogP contribution is -2.07. The maximum absolute atomic E-state index is 10.8. The van der Waals surface area contributed by atoms with E-state index in [1.54, 1.807) is 0 Å². The van der Waals surface area contributed by atoms with Gasteiger partial charge in [-0.2, -0.15) is 0 Å². The average molecular weight is 112 g/mol. The number of rotatable bonds is 1. The SMILES string of the molecule is C=COC(F)(F)F. The molecule has 42 valence electrons. The van der Waals surface area contributed by atoms with Crippen molar-refractivity contribution < 1.29 is 17.9 Å². The molecule has 0 rings (SSSR count). The summed E-state index contributed by atoms with van der Waals surface area (Å²) in [6.45, 7) is 2.70. The van der Waals surface area contributed by atoms with E-state index in [1.165, 1.54) is 0 Å². The normalized spacial score (nSPS) is 10.7. The summed E-state index contributed by atoms with van der Waals surface area (Å²) in [4.78, 5) is 0. The molecule has 7 heavy (non-hydrogen) atoms. The third-order valence-corrected chi connectivity index (χ3v) is 0.217. The van der Waals surface area contributed by atoms with Gasteiger partial charge in [-0.05, 0) is 0 Å². The van der Waals surface area contributed by atoms with Crippen molar-refractivity contribution in [1.29, 1.82) is 0 Å². The summed E-state index contributed by atoms with van der Waals surface area (Å²) >= 11 is 0. The van der Waals surface area contributed by atoms with Crippen LogP contribution in [0.25, 0.3) is 0 Å². The Morgan fingerprint density at radius 3 is 1.86 bits per heavy atom. The van der Waals surface area contributed by atoms with Crippen LogP contribution in [-0.2, 0) is 4.74 Å². The zero-order chi connectivity index (χ0) is 5.91. The molecule has 0 atom stereocenters. The topological polar surface area (TPSA) is 9.23 Å². The van der Waals surface area contributed by atoms with Gasteiger partial charge in [0.2, 0.25) is 0 Å². The van der Waals surface area contributed by atoms with Gasteiger partial charge in [-0.25, -0.2) is 0 Å². The van der Waals surface area contributed by atoms with Crippen LogP contribution in [0, 0.1) is 0 Å². The highest BCUT2D eigenvalue weighted by molar-refractivity contribution is 4.48. The van der Waals surface area contributed by atoms with Crippen molar-refractivity contribution in [2.75, 3.05) is 0 Å². The number of halogens is 3. The van der Waals surface area contributed by atoms with Gasteiger partial charge in [0.05, 0.1) is 6.26 Å². The van der Waals surface area contributed by atoms with Crippen molar-refractivity contribution in [3.63, 3.8) is 0 Å². The zero-order valence-electron chi connectivity index (χ0n) is 3.33. The maximum atomic E-state index is 10.8. The lowest BCUT2D eigenvalue weighted by Gasteiger charge is -2.00. The molecule has 0 saturated heterocycles. The minimum atomic E-state index is -4.57. The molecular weight excluding hydrogens is 109 g/mol. The molecule has 0 aliphatic rings. The van der Waals surface area contributed by atoms with Crippen LogP contribution in [-0.4, -0.2) is 6.36 Å². The number of hydrogen-bond acceptors (Lipinski definition) is 1. The smallest absolute Gasteiger partial charge is 0.414 e. The fourth-order valence-electron chi connectivity index (χ4n) is 0.0945. The predicted octanol–water partition coefficient (Wildman–Crippen LogP) is 1.67. The second-order valence-electron chi connectivity index (χ2n) is 0.730. The van der Waals surface area contributed by atoms with E-state index in [0.717, 1.165) is 0 Å². The average Bonchev–Trinajstić information content (AvgIpc) is 1.30. The van der Waals surface area contributed by atoms with E-state index < -0.39 is 6.36 Å². The standard InChI is InChI=1S/C3H3F3O/c1-2-7-3(4,5)6/h2H,1H2. The molecule has 0 aromatic rings. The summed E-state index contributed by atoms with van der Waals surface area (Å²) in [6.07, 6.45) is -4.23. The highest BCUT2D eigenvalue weighted by Gasteiger charge is 2.28. The quantitative estimate of drug-likeness (QED) is 0.469. The van der Waals surface area contributed by atoms with Gasteiger partial charge >= 0.3 is 6.36 Å². The van der Waals surface area contributed by atoms with Gasteiger partial charge in [-0.3, -0.25) is 0 Å². The summed E-state index contributed by atoms with van der Waals surface area (Å²) in [5, 5.41) is 0. The molecule has 0 radical (unpaired) electrons. The van der Waals surface area contributed by atoms with E-state index in [9.17, 15) is 13.2 Å². The number of alkyl halides is 3. The van der Waals surface area contributed by atoms with Gasteiger partial charge in [0.15, 0.2) is 0 Å². The van der Waals surface area contributed by atoms with Crippen LogP contribution >= 0.6 is 0 Å². The highest BCUT2D eigenvalue weighted by atomic mass is 19.4. The molecule has 0 aliphatic carbocycles. The van der Waals surface area contributed by atoms with Crippen molar-refractivity contribution in [2.24, 2.45) is 0 Å². The van der Waals surface area contributed by atoms with Gasteiger partial charge in [0, 0.05) is 0 Å². The molecule has 1 nitrogen and oxygen atoms in total. The van der Waals surface area contributed by atoms with Crippen LogP contribution in [0.4, 0.5) is 13.2 Å². The van der Waals surface area contributed by atoms with Gasteiger partial charge in [0.1, 0.15) is 0 Å². The van der Waals surface area contributed by atoms with Crippen LogP contribution in [0.5, 0.6) is 0 Å². The Morgan fingerprint density at radius 2 is 1.86 bits per heavy atom. The first kappa shape index (κ1) is 6.33. The summed E-state index contributed by atoms with van der Waals surface area (Å²) < 4.78 is 35.3. The molecule has 0 bridgehead atoms. The summed E-state index contributed by atoms with van der Waals surface area (Å²) in [7, 11) is 0. The minimum Gasteiger partial charge on any atom is -0.414 e. The lowest BCUT2D eigenvalue weighted by molar-refractivity contribution is -0.297. The summed E-state index contributed by atoms with van der Waals surface area (Å²) in [5.41, 5.74) is 0. The fraction of sp³-hybridized carbons (Fsp3) is 0.333. The zero-order valence-corrected chi connectivity index (χ0v) is 3.33. The molecular formula is C3H3F3O. The maximum Gasteiger partial charge on any atom is 0.572 e. The van der Waals surface area contributed by atoms with E-state index in [0.29, 0.717) is 6.26 Å². The first-order valence-electron chi connectivity index (χ1n) is 1.42. The minimum absolute atomic E-state index is 0.333. The van der Waals surface area contributed by atoms with Gasteiger partial charge in [0.25, 0.3) is 0 Å². The fourth-order valence-corrected chi connectivity index (χ4v) is 0.0945. The Morgan fingerprint density at radius 1 is 1.43 bits per heavy atom. The first-order valence-corrected chi connectivity index (χ1v) is 1.42. The molecule has 0 aromatic heterocycles. The van der Waals surface area contributed by atoms with Gasteiger partial charge in [-0.15, -0.1) is 13.2 Å². The van der Waals surface area contributed by atoms with Crippen molar-refractivity contribution in [3.05, 3.63) is 12.8 Å². The highest BCUT2D eigenvalue weighted by Crippen LogP contribution is 2.15. The monoisotopic (exact) mass is 112 g/mol. The van der Waals surface area contributed by atoms with Crippen LogP contribution in [0.1, 0.15) is 0 Å². The lowest BCUT2D eigenvalue weighted by atomic mass is 11.1. The molecule has 0 N–H and O–H groups in total. The molecule has 0 spiro atoms. The molecule has 0 aromatic carbocycles. The molecule has 0 amide bonds. The molecule has 0 fully saturated rings. The Labute approximate surface area is 38.4 Å². The molecule has 0 unspecified atom stereocenters. The largest absolute Gasteiger partial charge is 0.572 e. The third kappa shape index (κ3) is 5.33. The molecule has 4 heteroatoms. The molecule has 0 aliphatic heterocycles. The van der Waals surface area contributed by atoms with Crippen LogP contribution < -0.4 is 0 Å². The van der Waals surface area contributed by atoms with E-state index in [4.69, 9.17) is 0 Å². The Bertz CT molecular complexity index is 65.1. The van der Waals surface area contributed by atoms with Gasteiger partial charge < -0.3 is 4.74 Å². The van der Waals surface area contributed by atoms with E-state index in [-0.39, 0.29) is 0 Å². The number of ether oxygens (including phenoxy) is 1. The first-order chi connectivity index (χ1) is 3.06. The molecule has 0 heterocycles. The van der Waals surface area contributed by atoms with Crippen molar-refractivity contribution in [3.8, 4) is 0 Å².